The van der Waals surface area contributed by atoms with Crippen LogP contribution in [0.5, 0.6) is 0 Å². The third kappa shape index (κ3) is 1.17. The van der Waals surface area contributed by atoms with Crippen molar-refractivity contribution in [3.8, 4) is 0 Å². The van der Waals surface area contributed by atoms with E-state index >= 15 is 0 Å². The van der Waals surface area contributed by atoms with E-state index in [1.54, 1.807) is 11.3 Å². The van der Waals surface area contributed by atoms with E-state index in [4.69, 9.17) is 0 Å². The first-order valence-corrected chi connectivity index (χ1v) is 5.31. The van der Waals surface area contributed by atoms with E-state index in [0.29, 0.717) is 0 Å². The van der Waals surface area contributed by atoms with Gasteiger partial charge in [-0.05, 0) is 41.4 Å². The van der Waals surface area contributed by atoms with Crippen molar-refractivity contribution in [2.24, 2.45) is 0 Å². The van der Waals surface area contributed by atoms with E-state index in [1.807, 2.05) is 6.92 Å². The van der Waals surface area contributed by atoms with Crippen molar-refractivity contribution in [1.82, 2.24) is 4.98 Å². The van der Waals surface area contributed by atoms with Crippen LogP contribution in [-0.4, -0.2) is 4.98 Å². The third-order valence-electron chi connectivity index (χ3n) is 1.80. The molecule has 0 saturated heterocycles. The van der Waals surface area contributed by atoms with E-state index in [9.17, 15) is 0 Å². The molecule has 0 saturated carbocycles. The second-order valence-electron chi connectivity index (χ2n) is 2.78. The quantitative estimate of drug-likeness (QED) is 0.686. The van der Waals surface area contributed by atoms with Gasteiger partial charge in [-0.15, -0.1) is 11.3 Å². The van der Waals surface area contributed by atoms with Gasteiger partial charge in [-0.25, -0.2) is 4.98 Å². The summed E-state index contributed by atoms with van der Waals surface area (Å²) in [5, 5.41) is 1.12. The third-order valence-corrected chi connectivity index (χ3v) is 3.74. The Balaban J connectivity index is 2.89. The van der Waals surface area contributed by atoms with Crippen molar-refractivity contribution in [3.63, 3.8) is 0 Å². The number of fused-ring (bicyclic) bond motifs is 1. The number of halogens is 1. The van der Waals surface area contributed by atoms with Crippen LogP contribution in [0.1, 0.15) is 10.6 Å². The molecule has 0 amide bonds. The molecular weight excluding hydrogens is 234 g/mol. The van der Waals surface area contributed by atoms with Crippen LogP contribution in [0.4, 0.5) is 0 Å². The van der Waals surface area contributed by atoms with Gasteiger partial charge >= 0.3 is 0 Å². The van der Waals surface area contributed by atoms with Gasteiger partial charge in [-0.1, -0.05) is 6.07 Å². The summed E-state index contributed by atoms with van der Waals surface area (Å²) in [6.07, 6.45) is 0. The van der Waals surface area contributed by atoms with E-state index in [1.165, 1.54) is 10.3 Å². The minimum Gasteiger partial charge on any atom is -0.240 e. The predicted octanol–water partition coefficient (Wildman–Crippen LogP) is 3.68. The van der Waals surface area contributed by atoms with Gasteiger partial charge in [0.25, 0.3) is 0 Å². The molecule has 12 heavy (non-hydrogen) atoms. The SMILES string of the molecule is Cc1nc2c(Br)c(C)ccc2s1. The standard InChI is InChI=1S/C9H8BrNS/c1-5-3-4-7-9(8(5)10)11-6(2)12-7/h3-4H,1-2H3. The Morgan fingerprint density at radius 1 is 1.33 bits per heavy atom. The monoisotopic (exact) mass is 241 g/mol. The Labute approximate surface area is 83.6 Å². The molecule has 1 aromatic heterocycles. The molecule has 62 valence electrons. The van der Waals surface area contributed by atoms with Crippen molar-refractivity contribution in [3.05, 3.63) is 27.2 Å². The fraction of sp³-hybridized carbons (Fsp3) is 0.222. The van der Waals surface area contributed by atoms with Gasteiger partial charge < -0.3 is 0 Å². The lowest BCUT2D eigenvalue weighted by Gasteiger charge is -1.96. The van der Waals surface area contributed by atoms with Crippen molar-refractivity contribution in [1.29, 1.82) is 0 Å². The second kappa shape index (κ2) is 2.82. The average molecular weight is 242 g/mol. The summed E-state index contributed by atoms with van der Waals surface area (Å²) in [6, 6.07) is 4.24. The van der Waals surface area contributed by atoms with Gasteiger partial charge in [0.05, 0.1) is 15.2 Å². The van der Waals surface area contributed by atoms with Gasteiger partial charge in [-0.2, -0.15) is 0 Å². The summed E-state index contributed by atoms with van der Waals surface area (Å²) >= 11 is 5.27. The molecule has 0 bridgehead atoms. The van der Waals surface area contributed by atoms with Crippen molar-refractivity contribution in [2.45, 2.75) is 13.8 Å². The molecular formula is C9H8BrNS. The predicted molar refractivity (Wildman–Crippen MR) is 56.8 cm³/mol. The highest BCUT2D eigenvalue weighted by atomic mass is 79.9. The van der Waals surface area contributed by atoms with Gasteiger partial charge in [-0.3, -0.25) is 0 Å². The maximum absolute atomic E-state index is 4.45. The van der Waals surface area contributed by atoms with Crippen molar-refractivity contribution >= 4 is 37.5 Å². The number of thiazole rings is 1. The molecule has 1 nitrogen and oxygen atoms in total. The molecule has 2 rings (SSSR count). The van der Waals surface area contributed by atoms with Gasteiger partial charge in [0.2, 0.25) is 0 Å². The summed E-state index contributed by atoms with van der Waals surface area (Å²) < 4.78 is 2.38. The largest absolute Gasteiger partial charge is 0.240 e. The van der Waals surface area contributed by atoms with E-state index in [2.05, 4.69) is 40.0 Å². The molecule has 0 atom stereocenters. The number of hydrogen-bond acceptors (Lipinski definition) is 2. The van der Waals surface area contributed by atoms with Gasteiger partial charge in [0.15, 0.2) is 0 Å². The molecule has 1 heterocycles. The smallest absolute Gasteiger partial charge is 0.0959 e. The summed E-state index contributed by atoms with van der Waals surface area (Å²) in [6.45, 7) is 4.12. The number of aryl methyl sites for hydroxylation is 2. The molecule has 0 radical (unpaired) electrons. The zero-order valence-corrected chi connectivity index (χ0v) is 9.29. The molecule has 0 aliphatic rings. The Kier molecular flexibility index (Phi) is 1.93. The fourth-order valence-corrected chi connectivity index (χ4v) is 2.57. The van der Waals surface area contributed by atoms with E-state index in [-0.39, 0.29) is 0 Å². The molecule has 3 heteroatoms. The number of nitrogens with zero attached hydrogens (tertiary/aromatic N) is 1. The Morgan fingerprint density at radius 2 is 2.08 bits per heavy atom. The molecule has 0 N–H and O–H groups in total. The highest BCUT2D eigenvalue weighted by Crippen LogP contribution is 2.30. The van der Waals surface area contributed by atoms with Crippen LogP contribution >= 0.6 is 27.3 Å². The number of benzene rings is 1. The maximum Gasteiger partial charge on any atom is 0.0959 e. The summed E-state index contributed by atoms with van der Waals surface area (Å²) in [5.41, 5.74) is 2.34. The highest BCUT2D eigenvalue weighted by Gasteiger charge is 2.05. The van der Waals surface area contributed by atoms with Crippen LogP contribution in [0.3, 0.4) is 0 Å². The van der Waals surface area contributed by atoms with E-state index in [0.717, 1.165) is 15.0 Å². The summed E-state index contributed by atoms with van der Waals surface area (Å²) in [5.74, 6) is 0. The maximum atomic E-state index is 4.45. The van der Waals surface area contributed by atoms with Crippen LogP contribution in [0.2, 0.25) is 0 Å². The molecule has 0 aliphatic heterocycles. The van der Waals surface area contributed by atoms with Crippen molar-refractivity contribution in [2.75, 3.05) is 0 Å². The van der Waals surface area contributed by atoms with E-state index < -0.39 is 0 Å². The summed E-state index contributed by atoms with van der Waals surface area (Å²) in [4.78, 5) is 4.45. The number of hydrogen-bond donors (Lipinski definition) is 0. The highest BCUT2D eigenvalue weighted by molar-refractivity contribution is 9.10. The molecule has 1 aromatic carbocycles. The lowest BCUT2D eigenvalue weighted by molar-refractivity contribution is 1.33. The normalized spacial score (nSPS) is 10.9. The number of aromatic nitrogens is 1. The second-order valence-corrected chi connectivity index (χ2v) is 4.80. The van der Waals surface area contributed by atoms with Crippen LogP contribution in [0.25, 0.3) is 10.2 Å². The van der Waals surface area contributed by atoms with Crippen LogP contribution in [-0.2, 0) is 0 Å². The van der Waals surface area contributed by atoms with Crippen molar-refractivity contribution < 1.29 is 0 Å². The Hall–Kier alpha value is -0.410. The number of rotatable bonds is 0. The molecule has 0 spiro atoms. The minimum absolute atomic E-state index is 1.09. The van der Waals surface area contributed by atoms with Gasteiger partial charge in [0, 0.05) is 4.47 Å². The Bertz CT molecular complexity index is 433. The lowest BCUT2D eigenvalue weighted by atomic mass is 10.2. The molecule has 0 unspecified atom stereocenters. The molecule has 0 fully saturated rings. The first kappa shape index (κ1) is 8.20. The first-order valence-electron chi connectivity index (χ1n) is 3.71. The fourth-order valence-electron chi connectivity index (χ4n) is 1.17. The first-order chi connectivity index (χ1) is 5.68. The van der Waals surface area contributed by atoms with Crippen LogP contribution in [0.15, 0.2) is 16.6 Å². The average Bonchev–Trinajstić information content (AvgIpc) is 2.39. The lowest BCUT2D eigenvalue weighted by Crippen LogP contribution is -1.76. The topological polar surface area (TPSA) is 12.9 Å². The Morgan fingerprint density at radius 3 is 2.83 bits per heavy atom. The minimum atomic E-state index is 1.09. The zero-order valence-electron chi connectivity index (χ0n) is 6.89. The zero-order chi connectivity index (χ0) is 8.72. The van der Waals surface area contributed by atoms with Gasteiger partial charge in [0.1, 0.15) is 0 Å². The molecule has 0 aliphatic carbocycles. The van der Waals surface area contributed by atoms with Crippen LogP contribution < -0.4 is 0 Å². The summed E-state index contributed by atoms with van der Waals surface area (Å²) in [7, 11) is 0. The van der Waals surface area contributed by atoms with Crippen LogP contribution in [0, 0.1) is 13.8 Å². The molecule has 2 aromatic rings.